The van der Waals surface area contributed by atoms with Gasteiger partial charge in [-0.2, -0.15) is 11.8 Å². The Balaban J connectivity index is 4.11. The second kappa shape index (κ2) is 18.5. The van der Waals surface area contributed by atoms with Crippen LogP contribution in [-0.2, 0) is 4.79 Å². The molecule has 26 heavy (non-hydrogen) atoms. The summed E-state index contributed by atoms with van der Waals surface area (Å²) in [5, 5.41) is 18.9. The Morgan fingerprint density at radius 1 is 1.00 bits per heavy atom. The van der Waals surface area contributed by atoms with Gasteiger partial charge in [0, 0.05) is 11.7 Å². The van der Waals surface area contributed by atoms with E-state index in [0.717, 1.165) is 12.2 Å². The van der Waals surface area contributed by atoms with Gasteiger partial charge in [-0.1, -0.05) is 75.3 Å². The Kier molecular flexibility index (Phi) is 17.6. The molecule has 2 atom stereocenters. The maximum Gasteiger partial charge on any atom is 0.303 e. The molecule has 0 aromatic rings. The maximum atomic E-state index is 10.6. The van der Waals surface area contributed by atoms with E-state index in [1.54, 1.807) is 11.8 Å². The van der Waals surface area contributed by atoms with Crippen molar-refractivity contribution in [3.63, 3.8) is 0 Å². The normalized spacial score (nSPS) is 14.9. The van der Waals surface area contributed by atoms with Gasteiger partial charge in [0.1, 0.15) is 0 Å². The number of allylic oxidation sites excluding steroid dienone is 7. The van der Waals surface area contributed by atoms with Gasteiger partial charge in [0.15, 0.2) is 0 Å². The fourth-order valence-electron chi connectivity index (χ4n) is 2.38. The smallest absolute Gasteiger partial charge is 0.303 e. The van der Waals surface area contributed by atoms with Crippen molar-refractivity contribution in [3.8, 4) is 0 Å². The lowest BCUT2D eigenvalue weighted by Gasteiger charge is -2.18. The number of carboxylic acid groups (broad SMARTS) is 1. The van der Waals surface area contributed by atoms with E-state index in [-0.39, 0.29) is 11.7 Å². The number of aliphatic carboxylic acids is 1. The van der Waals surface area contributed by atoms with Crippen LogP contribution in [0.15, 0.2) is 48.6 Å². The number of rotatable bonds is 16. The van der Waals surface area contributed by atoms with Crippen LogP contribution in [0.2, 0.25) is 0 Å². The van der Waals surface area contributed by atoms with Crippen LogP contribution in [-0.4, -0.2) is 33.3 Å². The summed E-state index contributed by atoms with van der Waals surface area (Å²) in [5.74, 6) is 0.108. The summed E-state index contributed by atoms with van der Waals surface area (Å²) in [7, 11) is 0. The van der Waals surface area contributed by atoms with E-state index in [2.05, 4.69) is 32.1 Å². The molecule has 0 saturated carbocycles. The molecule has 4 heteroatoms. The van der Waals surface area contributed by atoms with Crippen LogP contribution in [0.3, 0.4) is 0 Å². The van der Waals surface area contributed by atoms with Crippen molar-refractivity contribution in [2.24, 2.45) is 0 Å². The molecule has 0 radical (unpaired) electrons. The molecule has 148 valence electrons. The lowest BCUT2D eigenvalue weighted by atomic mass is 10.1. The van der Waals surface area contributed by atoms with Gasteiger partial charge >= 0.3 is 5.97 Å². The predicted molar refractivity (Wildman–Crippen MR) is 115 cm³/mol. The SMILES string of the molecule is CCCCC/C=C\C\C=C/C=C/C=C/[C@@H](SCC)[C@@H](O)CCCC(=O)O. The minimum absolute atomic E-state index is 0.00785. The number of carbonyl (C=O) groups is 1. The van der Waals surface area contributed by atoms with Crippen molar-refractivity contribution < 1.29 is 15.0 Å². The molecule has 0 amide bonds. The fraction of sp³-hybridized carbons (Fsp3) is 0.591. The molecule has 2 N–H and O–H groups in total. The highest BCUT2D eigenvalue weighted by Gasteiger charge is 2.16. The third kappa shape index (κ3) is 16.2. The van der Waals surface area contributed by atoms with Crippen LogP contribution >= 0.6 is 11.8 Å². The average molecular weight is 381 g/mol. The highest BCUT2D eigenvalue weighted by molar-refractivity contribution is 8.00. The Hall–Kier alpha value is -1.26. The molecular weight excluding hydrogens is 344 g/mol. The molecule has 0 spiro atoms. The zero-order chi connectivity index (χ0) is 19.5. The monoisotopic (exact) mass is 380 g/mol. The third-order valence-electron chi connectivity index (χ3n) is 3.81. The Bertz CT molecular complexity index is 452. The standard InChI is InChI=1S/C22H36O3S/c1-3-5-6-7-8-9-10-11-12-13-14-15-18-21(26-4-2)20(23)17-16-19-22(24)25/h8-9,11-15,18,20-21,23H,3-7,10,16-17,19H2,1-2H3,(H,24,25)/b9-8-,12-11-,14-13+,18-15+/t20-,21+/m0/s1. The lowest BCUT2D eigenvalue weighted by Crippen LogP contribution is -2.21. The first-order valence-electron chi connectivity index (χ1n) is 9.78. The minimum Gasteiger partial charge on any atom is -0.481 e. The first-order valence-corrected chi connectivity index (χ1v) is 10.8. The maximum absolute atomic E-state index is 10.6. The summed E-state index contributed by atoms with van der Waals surface area (Å²) < 4.78 is 0. The van der Waals surface area contributed by atoms with Gasteiger partial charge in [-0.05, 0) is 37.9 Å². The summed E-state index contributed by atoms with van der Waals surface area (Å²) in [6, 6.07) is 0. The topological polar surface area (TPSA) is 57.5 Å². The second-order valence-electron chi connectivity index (χ2n) is 6.17. The number of carboxylic acids is 1. The van der Waals surface area contributed by atoms with Crippen molar-refractivity contribution >= 4 is 17.7 Å². The number of thioether (sulfide) groups is 1. The molecule has 0 rings (SSSR count). The van der Waals surface area contributed by atoms with Crippen LogP contribution in [0.1, 0.15) is 65.2 Å². The van der Waals surface area contributed by atoms with Gasteiger partial charge in [-0.15, -0.1) is 0 Å². The van der Waals surface area contributed by atoms with E-state index in [4.69, 9.17) is 5.11 Å². The zero-order valence-electron chi connectivity index (χ0n) is 16.3. The first kappa shape index (κ1) is 24.7. The molecule has 0 saturated heterocycles. The van der Waals surface area contributed by atoms with E-state index in [1.165, 1.54) is 25.7 Å². The van der Waals surface area contributed by atoms with Crippen molar-refractivity contribution in [2.75, 3.05) is 5.75 Å². The number of hydrogen-bond donors (Lipinski definition) is 2. The quantitative estimate of drug-likeness (QED) is 0.198. The molecule has 0 aliphatic carbocycles. The summed E-state index contributed by atoms with van der Waals surface area (Å²) >= 11 is 1.68. The third-order valence-corrected chi connectivity index (χ3v) is 5.00. The van der Waals surface area contributed by atoms with Gasteiger partial charge in [-0.25, -0.2) is 0 Å². The molecule has 0 aliphatic rings. The summed E-state index contributed by atoms with van der Waals surface area (Å²) in [6.07, 6.45) is 23.1. The Morgan fingerprint density at radius 3 is 2.46 bits per heavy atom. The number of aliphatic hydroxyl groups excluding tert-OH is 1. The average Bonchev–Trinajstić information content (AvgIpc) is 2.61. The summed E-state index contributed by atoms with van der Waals surface area (Å²) in [4.78, 5) is 10.6. The number of hydrogen-bond acceptors (Lipinski definition) is 3. The first-order chi connectivity index (χ1) is 12.6. The van der Waals surface area contributed by atoms with Gasteiger partial charge in [0.25, 0.3) is 0 Å². The van der Waals surface area contributed by atoms with E-state index >= 15 is 0 Å². The van der Waals surface area contributed by atoms with E-state index < -0.39 is 12.1 Å². The second-order valence-corrected chi connectivity index (χ2v) is 7.63. The highest BCUT2D eigenvalue weighted by atomic mass is 32.2. The van der Waals surface area contributed by atoms with Gasteiger partial charge in [0.2, 0.25) is 0 Å². The number of unbranched alkanes of at least 4 members (excludes halogenated alkanes) is 3. The van der Waals surface area contributed by atoms with Crippen molar-refractivity contribution in [2.45, 2.75) is 76.6 Å². The van der Waals surface area contributed by atoms with Crippen LogP contribution < -0.4 is 0 Å². The molecule has 0 aliphatic heterocycles. The van der Waals surface area contributed by atoms with Crippen LogP contribution in [0.5, 0.6) is 0 Å². The van der Waals surface area contributed by atoms with Crippen LogP contribution in [0.25, 0.3) is 0 Å². The van der Waals surface area contributed by atoms with E-state index in [1.807, 2.05) is 30.4 Å². The van der Waals surface area contributed by atoms with Gasteiger partial charge in [0.05, 0.1) is 6.10 Å². The molecule has 0 unspecified atom stereocenters. The summed E-state index contributed by atoms with van der Waals surface area (Å²) in [6.45, 7) is 4.28. The van der Waals surface area contributed by atoms with Crippen molar-refractivity contribution in [1.82, 2.24) is 0 Å². The zero-order valence-corrected chi connectivity index (χ0v) is 17.2. The lowest BCUT2D eigenvalue weighted by molar-refractivity contribution is -0.137. The molecule has 3 nitrogen and oxygen atoms in total. The molecule has 0 bridgehead atoms. The van der Waals surface area contributed by atoms with E-state index in [0.29, 0.717) is 12.8 Å². The van der Waals surface area contributed by atoms with Crippen LogP contribution in [0, 0.1) is 0 Å². The van der Waals surface area contributed by atoms with Crippen LogP contribution in [0.4, 0.5) is 0 Å². The number of aliphatic hydroxyl groups is 1. The van der Waals surface area contributed by atoms with Gasteiger partial charge < -0.3 is 10.2 Å². The summed E-state index contributed by atoms with van der Waals surface area (Å²) in [5.41, 5.74) is 0. The molecule has 0 heterocycles. The van der Waals surface area contributed by atoms with Crippen molar-refractivity contribution in [3.05, 3.63) is 48.6 Å². The van der Waals surface area contributed by atoms with Gasteiger partial charge in [-0.3, -0.25) is 4.79 Å². The molecule has 0 aromatic heterocycles. The predicted octanol–water partition coefficient (Wildman–Crippen LogP) is 5.92. The minimum atomic E-state index is -0.807. The molecule has 0 fully saturated rings. The molecule has 0 aromatic carbocycles. The molecular formula is C22H36O3S. The van der Waals surface area contributed by atoms with Crippen molar-refractivity contribution in [1.29, 1.82) is 0 Å². The Labute approximate surface area is 164 Å². The highest BCUT2D eigenvalue weighted by Crippen LogP contribution is 2.20. The Morgan fingerprint density at radius 2 is 1.77 bits per heavy atom. The fourth-order valence-corrected chi connectivity index (χ4v) is 3.32. The van der Waals surface area contributed by atoms with E-state index in [9.17, 15) is 9.90 Å². The largest absolute Gasteiger partial charge is 0.481 e.